The van der Waals surface area contributed by atoms with Gasteiger partial charge in [-0.1, -0.05) is 5.21 Å². The van der Waals surface area contributed by atoms with Crippen molar-refractivity contribution in [3.63, 3.8) is 0 Å². The van der Waals surface area contributed by atoms with Gasteiger partial charge in [0.25, 0.3) is 5.91 Å². The molecule has 2 amide bonds. The maximum atomic E-state index is 12.5. The third kappa shape index (κ3) is 4.30. The van der Waals surface area contributed by atoms with E-state index in [0.29, 0.717) is 31.5 Å². The number of nitrogens with zero attached hydrogens (tertiary/aromatic N) is 5. The largest absolute Gasteiger partial charge is 0.481 e. The molecular formula is C18H21N5O4. The highest BCUT2D eigenvalue weighted by molar-refractivity contribution is 5.96. The first kappa shape index (κ1) is 18.6. The van der Waals surface area contributed by atoms with Gasteiger partial charge in [0.1, 0.15) is 0 Å². The molecule has 0 spiro atoms. The number of carboxylic acids is 1. The van der Waals surface area contributed by atoms with Crippen LogP contribution in [0.15, 0.2) is 36.7 Å². The Hall–Kier alpha value is -3.23. The molecule has 2 aromatic rings. The van der Waals surface area contributed by atoms with Gasteiger partial charge in [-0.05, 0) is 37.1 Å². The van der Waals surface area contributed by atoms with Crippen LogP contribution >= 0.6 is 0 Å². The second-order valence-corrected chi connectivity index (χ2v) is 6.55. The number of carbonyl (C=O) groups is 3. The smallest absolute Gasteiger partial charge is 0.306 e. The van der Waals surface area contributed by atoms with E-state index >= 15 is 0 Å². The van der Waals surface area contributed by atoms with Crippen molar-refractivity contribution in [2.24, 2.45) is 5.92 Å². The third-order valence-corrected chi connectivity index (χ3v) is 4.72. The third-order valence-electron chi connectivity index (χ3n) is 4.72. The number of likely N-dealkylation sites (tertiary alicyclic amines) is 1. The molecule has 1 N–H and O–H groups in total. The predicted molar refractivity (Wildman–Crippen MR) is 95.3 cm³/mol. The molecule has 1 aromatic carbocycles. The van der Waals surface area contributed by atoms with Crippen LogP contribution in [0.1, 0.15) is 23.2 Å². The Labute approximate surface area is 156 Å². The maximum Gasteiger partial charge on any atom is 0.306 e. The van der Waals surface area contributed by atoms with E-state index in [1.54, 1.807) is 53.3 Å². The lowest BCUT2D eigenvalue weighted by molar-refractivity contribution is -0.145. The van der Waals surface area contributed by atoms with E-state index in [1.165, 1.54) is 4.90 Å². The normalized spacial score (nSPS) is 14.8. The SMILES string of the molecule is CN(CC(=O)N1CCC(C(=O)O)CC1)C(=O)c1ccc(-n2ccnn2)cc1. The van der Waals surface area contributed by atoms with Crippen molar-refractivity contribution < 1.29 is 19.5 Å². The Kier molecular flexibility index (Phi) is 5.49. The molecule has 0 bridgehead atoms. The lowest BCUT2D eigenvalue weighted by atomic mass is 9.97. The van der Waals surface area contributed by atoms with Crippen LogP contribution in [0.2, 0.25) is 0 Å². The summed E-state index contributed by atoms with van der Waals surface area (Å²) in [6.45, 7) is 0.774. The van der Waals surface area contributed by atoms with E-state index in [2.05, 4.69) is 10.3 Å². The molecule has 1 saturated heterocycles. The molecule has 2 heterocycles. The lowest BCUT2D eigenvalue weighted by Gasteiger charge is -2.31. The number of rotatable bonds is 5. The van der Waals surface area contributed by atoms with Crippen LogP contribution in [0.3, 0.4) is 0 Å². The number of amides is 2. The van der Waals surface area contributed by atoms with Crippen LogP contribution in [0, 0.1) is 5.92 Å². The molecule has 9 heteroatoms. The van der Waals surface area contributed by atoms with Crippen molar-refractivity contribution in [2.45, 2.75) is 12.8 Å². The zero-order valence-electron chi connectivity index (χ0n) is 15.0. The highest BCUT2D eigenvalue weighted by Crippen LogP contribution is 2.17. The van der Waals surface area contributed by atoms with Crippen LogP contribution < -0.4 is 0 Å². The highest BCUT2D eigenvalue weighted by Gasteiger charge is 2.28. The van der Waals surface area contributed by atoms with Crippen LogP contribution in [-0.4, -0.2) is 74.4 Å². The van der Waals surface area contributed by atoms with Crippen LogP contribution in [0.5, 0.6) is 0 Å². The van der Waals surface area contributed by atoms with E-state index in [0.717, 1.165) is 5.69 Å². The number of piperidine rings is 1. The second kappa shape index (κ2) is 7.98. The molecule has 1 fully saturated rings. The minimum absolute atomic E-state index is 0.0403. The zero-order valence-corrected chi connectivity index (χ0v) is 15.0. The summed E-state index contributed by atoms with van der Waals surface area (Å²) < 4.78 is 1.59. The fourth-order valence-corrected chi connectivity index (χ4v) is 3.07. The summed E-state index contributed by atoms with van der Waals surface area (Å²) in [5.74, 6) is -1.64. The minimum atomic E-state index is -0.816. The molecule has 0 atom stereocenters. The monoisotopic (exact) mass is 371 g/mol. The minimum Gasteiger partial charge on any atom is -0.481 e. The van der Waals surface area contributed by atoms with Gasteiger partial charge in [0, 0.05) is 25.7 Å². The van der Waals surface area contributed by atoms with Gasteiger partial charge in [-0.2, -0.15) is 0 Å². The average molecular weight is 371 g/mol. The summed E-state index contributed by atoms with van der Waals surface area (Å²) in [5.41, 5.74) is 1.25. The molecular weight excluding hydrogens is 350 g/mol. The van der Waals surface area contributed by atoms with Crippen LogP contribution in [0.25, 0.3) is 5.69 Å². The number of benzene rings is 1. The highest BCUT2D eigenvalue weighted by atomic mass is 16.4. The zero-order chi connectivity index (χ0) is 19.4. The average Bonchev–Trinajstić information content (AvgIpc) is 3.22. The first-order valence-electron chi connectivity index (χ1n) is 8.68. The molecule has 27 heavy (non-hydrogen) atoms. The first-order valence-corrected chi connectivity index (χ1v) is 8.68. The fourth-order valence-electron chi connectivity index (χ4n) is 3.07. The van der Waals surface area contributed by atoms with Gasteiger partial charge in [-0.25, -0.2) is 4.68 Å². The summed E-state index contributed by atoms with van der Waals surface area (Å²) in [5, 5.41) is 16.6. The number of carboxylic acid groups (broad SMARTS) is 1. The molecule has 3 rings (SSSR count). The van der Waals surface area contributed by atoms with Crippen molar-refractivity contribution in [3.8, 4) is 5.69 Å². The predicted octanol–water partition coefficient (Wildman–Crippen LogP) is 0.663. The first-order chi connectivity index (χ1) is 13.0. The Morgan fingerprint density at radius 2 is 1.85 bits per heavy atom. The van der Waals surface area contributed by atoms with Gasteiger partial charge >= 0.3 is 5.97 Å². The molecule has 1 aliphatic rings. The Morgan fingerprint density at radius 1 is 1.19 bits per heavy atom. The number of aromatic nitrogens is 3. The summed E-state index contributed by atoms with van der Waals surface area (Å²) in [4.78, 5) is 38.9. The Balaban J connectivity index is 1.56. The maximum absolute atomic E-state index is 12.5. The topological polar surface area (TPSA) is 109 Å². The van der Waals surface area contributed by atoms with Crippen molar-refractivity contribution >= 4 is 17.8 Å². The number of likely N-dealkylation sites (N-methyl/N-ethyl adjacent to an activating group) is 1. The lowest BCUT2D eigenvalue weighted by Crippen LogP contribution is -2.45. The Morgan fingerprint density at radius 3 is 2.41 bits per heavy atom. The molecule has 0 aliphatic carbocycles. The summed E-state index contributed by atoms with van der Waals surface area (Å²) >= 11 is 0. The molecule has 1 aromatic heterocycles. The molecule has 1 aliphatic heterocycles. The van der Waals surface area contributed by atoms with Crippen molar-refractivity contribution in [2.75, 3.05) is 26.7 Å². The van der Waals surface area contributed by atoms with Crippen LogP contribution in [-0.2, 0) is 9.59 Å². The van der Waals surface area contributed by atoms with Crippen molar-refractivity contribution in [1.82, 2.24) is 24.8 Å². The van der Waals surface area contributed by atoms with Gasteiger partial charge in [0.15, 0.2) is 0 Å². The van der Waals surface area contributed by atoms with Crippen molar-refractivity contribution in [3.05, 3.63) is 42.2 Å². The van der Waals surface area contributed by atoms with E-state index in [4.69, 9.17) is 5.11 Å². The standard InChI is InChI=1S/C18H21N5O4/c1-21(12-16(24)22-9-6-14(7-10-22)18(26)27)17(25)13-2-4-15(5-3-13)23-11-8-19-20-23/h2-5,8,11,14H,6-7,9-10,12H2,1H3,(H,26,27). The van der Waals surface area contributed by atoms with E-state index in [9.17, 15) is 14.4 Å². The number of hydrogen-bond acceptors (Lipinski definition) is 5. The fraction of sp³-hybridized carbons (Fsp3) is 0.389. The summed E-state index contributed by atoms with van der Waals surface area (Å²) in [6, 6.07) is 6.87. The molecule has 9 nitrogen and oxygen atoms in total. The quantitative estimate of drug-likeness (QED) is 0.827. The second-order valence-electron chi connectivity index (χ2n) is 6.55. The van der Waals surface area contributed by atoms with Crippen LogP contribution in [0.4, 0.5) is 0 Å². The summed E-state index contributed by atoms with van der Waals surface area (Å²) in [7, 11) is 1.58. The number of aliphatic carboxylic acids is 1. The van der Waals surface area contributed by atoms with Gasteiger partial charge in [0.2, 0.25) is 5.91 Å². The molecule has 0 unspecified atom stereocenters. The van der Waals surface area contributed by atoms with Gasteiger partial charge < -0.3 is 14.9 Å². The van der Waals surface area contributed by atoms with E-state index in [-0.39, 0.29) is 18.4 Å². The molecule has 0 radical (unpaired) electrons. The van der Waals surface area contributed by atoms with Gasteiger partial charge in [-0.3, -0.25) is 14.4 Å². The van der Waals surface area contributed by atoms with Gasteiger partial charge in [-0.15, -0.1) is 5.10 Å². The van der Waals surface area contributed by atoms with Gasteiger partial charge in [0.05, 0.1) is 30.5 Å². The number of hydrogen-bond donors (Lipinski definition) is 1. The van der Waals surface area contributed by atoms with E-state index < -0.39 is 11.9 Å². The number of carbonyl (C=O) groups excluding carboxylic acids is 2. The molecule has 142 valence electrons. The molecule has 0 saturated carbocycles. The van der Waals surface area contributed by atoms with E-state index in [1.807, 2.05) is 0 Å². The Bertz CT molecular complexity index is 811. The van der Waals surface area contributed by atoms with Crippen molar-refractivity contribution in [1.29, 1.82) is 0 Å². The summed E-state index contributed by atoms with van der Waals surface area (Å²) in [6.07, 6.45) is 4.16.